The van der Waals surface area contributed by atoms with Gasteiger partial charge in [-0.2, -0.15) is 0 Å². The zero-order valence-corrected chi connectivity index (χ0v) is 18.0. The summed E-state index contributed by atoms with van der Waals surface area (Å²) in [7, 11) is -3.16. The van der Waals surface area contributed by atoms with Crippen molar-refractivity contribution in [3.8, 4) is 5.75 Å². The molecule has 29 heavy (non-hydrogen) atoms. The molecule has 0 saturated carbocycles. The number of piperidine rings is 2. The summed E-state index contributed by atoms with van der Waals surface area (Å²) in [5.74, 6) is 0.708. The fraction of sp³-hybridized carbons (Fsp3) is 0.619. The molecule has 3 rings (SSSR count). The maximum atomic E-state index is 12.9. The second-order valence-corrected chi connectivity index (χ2v) is 9.90. The van der Waals surface area contributed by atoms with Gasteiger partial charge in [0.1, 0.15) is 17.6 Å². The van der Waals surface area contributed by atoms with Crippen LogP contribution in [0.25, 0.3) is 0 Å². The van der Waals surface area contributed by atoms with Gasteiger partial charge in [0.25, 0.3) is 5.91 Å². The highest BCUT2D eigenvalue weighted by atomic mass is 32.2. The Labute approximate surface area is 173 Å². The van der Waals surface area contributed by atoms with E-state index in [1.54, 1.807) is 23.1 Å². The van der Waals surface area contributed by atoms with Gasteiger partial charge in [-0.15, -0.1) is 0 Å². The molecule has 1 amide bonds. The van der Waals surface area contributed by atoms with Crippen LogP contribution in [0.5, 0.6) is 5.75 Å². The summed E-state index contributed by atoms with van der Waals surface area (Å²) < 4.78 is 30.7. The second kappa shape index (κ2) is 9.26. The number of nitrogens with zero attached hydrogens (tertiary/aromatic N) is 2. The lowest BCUT2D eigenvalue weighted by Gasteiger charge is -2.32. The molecule has 7 nitrogen and oxygen atoms in total. The van der Waals surface area contributed by atoms with Crippen LogP contribution in [0.1, 0.15) is 49.4 Å². The molecule has 2 heterocycles. The van der Waals surface area contributed by atoms with Gasteiger partial charge in [-0.1, -0.05) is 13.0 Å². The van der Waals surface area contributed by atoms with Crippen molar-refractivity contribution < 1.29 is 22.7 Å². The molecule has 0 unspecified atom stereocenters. The van der Waals surface area contributed by atoms with Crippen LogP contribution >= 0.6 is 0 Å². The first kappa shape index (κ1) is 21.8. The summed E-state index contributed by atoms with van der Waals surface area (Å²) in [4.78, 5) is 26.7. The minimum Gasteiger partial charge on any atom is -0.490 e. The minimum absolute atomic E-state index is 0.0582. The zero-order valence-electron chi connectivity index (χ0n) is 17.2. The zero-order chi connectivity index (χ0) is 21.0. The van der Waals surface area contributed by atoms with Crippen molar-refractivity contribution in [2.24, 2.45) is 5.92 Å². The first-order valence-corrected chi connectivity index (χ1v) is 12.2. The molecule has 160 valence electrons. The summed E-state index contributed by atoms with van der Waals surface area (Å²) in [5.41, 5.74) is 0.556. The van der Waals surface area contributed by atoms with Crippen LogP contribution in [0.2, 0.25) is 0 Å². The fourth-order valence-electron chi connectivity index (χ4n) is 4.07. The highest BCUT2D eigenvalue weighted by Crippen LogP contribution is 2.24. The van der Waals surface area contributed by atoms with E-state index in [-0.39, 0.29) is 23.7 Å². The average Bonchev–Trinajstić information content (AvgIpc) is 2.72. The standard InChI is InChI=1S/C21H30N2O5S/c1-3-20(24)17-7-5-11-22(15-17)21(25)16-6-4-8-19(14-16)28-18-9-12-23(13-10-18)29(2,26)27/h4,6,8,14,17-18H,3,5,7,9-13,15H2,1-2H3/t17-/m0/s1. The molecular formula is C21H30N2O5S. The van der Waals surface area contributed by atoms with Crippen LogP contribution < -0.4 is 4.74 Å². The number of carbonyl (C=O) groups is 2. The lowest BCUT2D eigenvalue weighted by Crippen LogP contribution is -2.42. The van der Waals surface area contributed by atoms with Crippen molar-refractivity contribution in [3.63, 3.8) is 0 Å². The van der Waals surface area contributed by atoms with Gasteiger partial charge in [0, 0.05) is 44.1 Å². The summed E-state index contributed by atoms with van der Waals surface area (Å²) in [6, 6.07) is 7.13. The van der Waals surface area contributed by atoms with Gasteiger partial charge in [0.05, 0.1) is 6.26 Å². The third-order valence-corrected chi connectivity index (χ3v) is 7.07. The lowest BCUT2D eigenvalue weighted by atomic mass is 9.92. The Morgan fingerprint density at radius 3 is 2.52 bits per heavy atom. The Morgan fingerprint density at radius 1 is 1.14 bits per heavy atom. The van der Waals surface area contributed by atoms with Gasteiger partial charge in [0.2, 0.25) is 10.0 Å². The van der Waals surface area contributed by atoms with Gasteiger partial charge >= 0.3 is 0 Å². The molecule has 2 aliphatic rings. The van der Waals surface area contributed by atoms with Crippen molar-refractivity contribution in [2.75, 3.05) is 32.4 Å². The Balaban J connectivity index is 1.61. The topological polar surface area (TPSA) is 84.0 Å². The molecule has 0 aromatic heterocycles. The summed E-state index contributed by atoms with van der Waals surface area (Å²) in [6.07, 6.45) is 4.61. The van der Waals surface area contributed by atoms with Crippen LogP contribution in [-0.4, -0.2) is 67.9 Å². The number of ether oxygens (including phenoxy) is 1. The first-order valence-electron chi connectivity index (χ1n) is 10.3. The van der Waals surface area contributed by atoms with Crippen LogP contribution in [0.15, 0.2) is 24.3 Å². The van der Waals surface area contributed by atoms with E-state index in [0.717, 1.165) is 12.8 Å². The summed E-state index contributed by atoms with van der Waals surface area (Å²) in [5, 5.41) is 0. The number of hydrogen-bond donors (Lipinski definition) is 0. The molecule has 0 bridgehead atoms. The lowest BCUT2D eigenvalue weighted by molar-refractivity contribution is -0.123. The van der Waals surface area contributed by atoms with Crippen molar-refractivity contribution >= 4 is 21.7 Å². The van der Waals surface area contributed by atoms with Gasteiger partial charge in [0.15, 0.2) is 0 Å². The Bertz CT molecular complexity index is 846. The van der Waals surface area contributed by atoms with E-state index in [1.165, 1.54) is 10.6 Å². The Morgan fingerprint density at radius 2 is 1.86 bits per heavy atom. The van der Waals surface area contributed by atoms with Crippen LogP contribution in [-0.2, 0) is 14.8 Å². The predicted octanol–water partition coefficient (Wildman–Crippen LogP) is 2.32. The van der Waals surface area contributed by atoms with E-state index in [2.05, 4.69) is 0 Å². The van der Waals surface area contributed by atoms with E-state index >= 15 is 0 Å². The SMILES string of the molecule is CCC(=O)[C@H]1CCCN(C(=O)c2cccc(OC3CCN(S(C)(=O)=O)CC3)c2)C1. The number of ketones is 1. The van der Waals surface area contributed by atoms with Crippen LogP contribution in [0.4, 0.5) is 0 Å². The third kappa shape index (κ3) is 5.57. The van der Waals surface area contributed by atoms with Crippen molar-refractivity contribution in [1.82, 2.24) is 9.21 Å². The molecule has 2 saturated heterocycles. The number of Topliss-reactive ketones (excluding diaryl/α,β-unsaturated/α-hetero) is 1. The number of sulfonamides is 1. The van der Waals surface area contributed by atoms with E-state index < -0.39 is 10.0 Å². The minimum atomic E-state index is -3.16. The monoisotopic (exact) mass is 422 g/mol. The fourth-order valence-corrected chi connectivity index (χ4v) is 4.95. The van der Waals surface area contributed by atoms with Crippen LogP contribution in [0.3, 0.4) is 0 Å². The smallest absolute Gasteiger partial charge is 0.254 e. The average molecular weight is 423 g/mol. The quantitative estimate of drug-likeness (QED) is 0.703. The highest BCUT2D eigenvalue weighted by Gasteiger charge is 2.29. The summed E-state index contributed by atoms with van der Waals surface area (Å²) in [6.45, 7) is 3.91. The van der Waals surface area contributed by atoms with Gasteiger partial charge < -0.3 is 9.64 Å². The van der Waals surface area contributed by atoms with E-state index in [1.807, 2.05) is 13.0 Å². The number of rotatable bonds is 6. The molecule has 0 N–H and O–H groups in total. The Hall–Kier alpha value is -1.93. The van der Waals surface area contributed by atoms with Crippen LogP contribution in [0, 0.1) is 5.92 Å². The van der Waals surface area contributed by atoms with Gasteiger partial charge in [-0.05, 0) is 43.9 Å². The maximum absolute atomic E-state index is 12.9. The molecule has 0 spiro atoms. The maximum Gasteiger partial charge on any atom is 0.254 e. The molecule has 2 aliphatic heterocycles. The van der Waals surface area contributed by atoms with Crippen molar-refractivity contribution in [3.05, 3.63) is 29.8 Å². The van der Waals surface area contributed by atoms with E-state index in [4.69, 9.17) is 4.74 Å². The predicted molar refractivity (Wildman–Crippen MR) is 110 cm³/mol. The number of benzene rings is 1. The second-order valence-electron chi connectivity index (χ2n) is 7.92. The molecule has 8 heteroatoms. The molecule has 1 aromatic rings. The number of carbonyl (C=O) groups excluding carboxylic acids is 2. The molecule has 0 radical (unpaired) electrons. The highest BCUT2D eigenvalue weighted by molar-refractivity contribution is 7.88. The molecule has 0 aliphatic carbocycles. The molecule has 1 aromatic carbocycles. The Kier molecular flexibility index (Phi) is 6.95. The van der Waals surface area contributed by atoms with Crippen molar-refractivity contribution in [1.29, 1.82) is 0 Å². The van der Waals surface area contributed by atoms with Gasteiger partial charge in [-0.3, -0.25) is 9.59 Å². The molecular weight excluding hydrogens is 392 g/mol. The molecule has 2 fully saturated rings. The van der Waals surface area contributed by atoms with Crippen molar-refractivity contribution in [2.45, 2.75) is 45.1 Å². The first-order chi connectivity index (χ1) is 13.8. The number of amides is 1. The normalized spacial score (nSPS) is 21.7. The molecule has 1 atom stereocenters. The van der Waals surface area contributed by atoms with E-state index in [0.29, 0.717) is 56.8 Å². The largest absolute Gasteiger partial charge is 0.490 e. The summed E-state index contributed by atoms with van der Waals surface area (Å²) >= 11 is 0. The number of hydrogen-bond acceptors (Lipinski definition) is 5. The third-order valence-electron chi connectivity index (χ3n) is 5.77. The van der Waals surface area contributed by atoms with Gasteiger partial charge in [-0.25, -0.2) is 12.7 Å². The number of likely N-dealkylation sites (tertiary alicyclic amines) is 1. The van der Waals surface area contributed by atoms with E-state index in [9.17, 15) is 18.0 Å².